The van der Waals surface area contributed by atoms with Gasteiger partial charge in [-0.15, -0.1) is 11.8 Å². The molecule has 0 aliphatic rings. The van der Waals surface area contributed by atoms with Crippen molar-refractivity contribution in [2.75, 3.05) is 5.75 Å². The summed E-state index contributed by atoms with van der Waals surface area (Å²) in [5.74, 6) is -0.290. The Morgan fingerprint density at radius 3 is 2.86 bits per heavy atom. The van der Waals surface area contributed by atoms with E-state index in [9.17, 15) is 8.78 Å². The van der Waals surface area contributed by atoms with Crippen LogP contribution in [0.15, 0.2) is 41.7 Å². The summed E-state index contributed by atoms with van der Waals surface area (Å²) in [6, 6.07) is 5.69. The lowest BCUT2D eigenvalue weighted by Crippen LogP contribution is -1.98. The van der Waals surface area contributed by atoms with E-state index < -0.39 is 11.6 Å². The highest BCUT2D eigenvalue weighted by atomic mass is 32.2. The van der Waals surface area contributed by atoms with Crippen molar-refractivity contribution in [3.8, 4) is 0 Å². The minimum absolute atomic E-state index is 0.483. The standard InChI is InChI=1S/C16H15F2N3S/c1-11-7-15-14(9-19-11)20-10-21(15)5-2-6-22-16-4-3-12(17)8-13(16)18/h3-4,7-10H,2,5-6H2,1H3. The molecule has 0 saturated heterocycles. The molecule has 0 unspecified atom stereocenters. The van der Waals surface area contributed by atoms with Gasteiger partial charge in [-0.25, -0.2) is 13.8 Å². The van der Waals surface area contributed by atoms with E-state index in [0.29, 0.717) is 4.90 Å². The molecule has 0 aliphatic carbocycles. The fourth-order valence-corrected chi connectivity index (χ4v) is 3.10. The summed E-state index contributed by atoms with van der Waals surface area (Å²) in [4.78, 5) is 9.02. The molecule has 3 nitrogen and oxygen atoms in total. The van der Waals surface area contributed by atoms with Gasteiger partial charge < -0.3 is 4.57 Å². The molecule has 0 saturated carbocycles. The molecule has 0 aliphatic heterocycles. The summed E-state index contributed by atoms with van der Waals surface area (Å²) < 4.78 is 28.4. The lowest BCUT2D eigenvalue weighted by atomic mass is 10.3. The van der Waals surface area contributed by atoms with Crippen molar-refractivity contribution in [2.24, 2.45) is 0 Å². The lowest BCUT2D eigenvalue weighted by Gasteiger charge is -2.06. The Bertz CT molecular complexity index is 801. The van der Waals surface area contributed by atoms with Crippen LogP contribution in [0.2, 0.25) is 0 Å². The predicted octanol–water partition coefficient (Wildman–Crippen LogP) is 4.20. The van der Waals surface area contributed by atoms with Crippen LogP contribution in [0.1, 0.15) is 12.1 Å². The van der Waals surface area contributed by atoms with Gasteiger partial charge in [-0.05, 0) is 37.3 Å². The molecule has 3 rings (SSSR count). The number of thioether (sulfide) groups is 1. The number of halogens is 2. The zero-order valence-corrected chi connectivity index (χ0v) is 12.9. The molecule has 2 aromatic heterocycles. The molecule has 0 bridgehead atoms. The normalized spacial score (nSPS) is 11.2. The first-order chi connectivity index (χ1) is 10.6. The lowest BCUT2D eigenvalue weighted by molar-refractivity contribution is 0.565. The highest BCUT2D eigenvalue weighted by Crippen LogP contribution is 2.23. The molecule has 0 N–H and O–H groups in total. The summed E-state index contributed by atoms with van der Waals surface area (Å²) in [6.45, 7) is 2.75. The number of rotatable bonds is 5. The van der Waals surface area contributed by atoms with Crippen molar-refractivity contribution in [2.45, 2.75) is 24.8 Å². The van der Waals surface area contributed by atoms with Crippen molar-refractivity contribution in [3.63, 3.8) is 0 Å². The van der Waals surface area contributed by atoms with E-state index in [2.05, 4.69) is 14.5 Å². The van der Waals surface area contributed by atoms with E-state index in [0.717, 1.165) is 41.5 Å². The van der Waals surface area contributed by atoms with E-state index in [1.54, 1.807) is 12.5 Å². The van der Waals surface area contributed by atoms with Gasteiger partial charge in [0.15, 0.2) is 0 Å². The summed E-state index contributed by atoms with van der Waals surface area (Å²) in [7, 11) is 0. The molecule has 0 spiro atoms. The highest BCUT2D eigenvalue weighted by molar-refractivity contribution is 7.99. The van der Waals surface area contributed by atoms with Crippen molar-refractivity contribution >= 4 is 22.8 Å². The molecule has 0 amide bonds. The minimum Gasteiger partial charge on any atom is -0.330 e. The van der Waals surface area contributed by atoms with Crippen molar-refractivity contribution in [1.29, 1.82) is 0 Å². The van der Waals surface area contributed by atoms with Crippen LogP contribution in [0.4, 0.5) is 8.78 Å². The van der Waals surface area contributed by atoms with Gasteiger partial charge in [-0.3, -0.25) is 4.98 Å². The fraction of sp³-hybridized carbons (Fsp3) is 0.250. The van der Waals surface area contributed by atoms with E-state index in [-0.39, 0.29) is 0 Å². The number of imidazole rings is 1. The number of hydrogen-bond acceptors (Lipinski definition) is 3. The Kier molecular flexibility index (Phi) is 4.38. The van der Waals surface area contributed by atoms with Gasteiger partial charge in [-0.2, -0.15) is 0 Å². The highest BCUT2D eigenvalue weighted by Gasteiger charge is 2.06. The number of pyridine rings is 1. The third-order valence-corrected chi connectivity index (χ3v) is 4.47. The molecule has 0 radical (unpaired) electrons. The van der Waals surface area contributed by atoms with Gasteiger partial charge in [0, 0.05) is 23.2 Å². The largest absolute Gasteiger partial charge is 0.330 e. The molecule has 3 aromatic rings. The first-order valence-electron chi connectivity index (χ1n) is 6.99. The number of benzene rings is 1. The third-order valence-electron chi connectivity index (χ3n) is 3.34. The van der Waals surface area contributed by atoms with Crippen molar-refractivity contribution in [1.82, 2.24) is 14.5 Å². The first kappa shape index (κ1) is 15.0. The Balaban J connectivity index is 1.59. The smallest absolute Gasteiger partial charge is 0.139 e. The number of aryl methyl sites for hydroxylation is 2. The summed E-state index contributed by atoms with van der Waals surface area (Å²) in [5, 5.41) is 0. The van der Waals surface area contributed by atoms with Gasteiger partial charge >= 0.3 is 0 Å². The van der Waals surface area contributed by atoms with Gasteiger partial charge in [0.1, 0.15) is 17.2 Å². The van der Waals surface area contributed by atoms with E-state index in [1.807, 2.05) is 13.0 Å². The van der Waals surface area contributed by atoms with Crippen LogP contribution < -0.4 is 0 Å². The topological polar surface area (TPSA) is 30.7 Å². The summed E-state index contributed by atoms with van der Waals surface area (Å²) in [6.07, 6.45) is 4.44. The quantitative estimate of drug-likeness (QED) is 0.521. The number of nitrogens with zero attached hydrogens (tertiary/aromatic N) is 3. The van der Waals surface area contributed by atoms with E-state index >= 15 is 0 Å². The number of hydrogen-bond donors (Lipinski definition) is 0. The monoisotopic (exact) mass is 319 g/mol. The molecule has 0 fully saturated rings. The molecular weight excluding hydrogens is 304 g/mol. The van der Waals surface area contributed by atoms with E-state index in [1.165, 1.54) is 23.9 Å². The fourth-order valence-electron chi connectivity index (χ4n) is 2.25. The van der Waals surface area contributed by atoms with Gasteiger partial charge in [0.2, 0.25) is 0 Å². The second-order valence-corrected chi connectivity index (χ2v) is 6.17. The molecule has 2 heterocycles. The maximum absolute atomic E-state index is 13.5. The molecule has 114 valence electrons. The Hall–Kier alpha value is -1.95. The number of fused-ring (bicyclic) bond motifs is 1. The van der Waals surface area contributed by atoms with Crippen LogP contribution in [0.3, 0.4) is 0 Å². The minimum atomic E-state index is -0.546. The predicted molar refractivity (Wildman–Crippen MR) is 84.0 cm³/mol. The van der Waals surface area contributed by atoms with Gasteiger partial charge in [0.05, 0.1) is 18.0 Å². The van der Waals surface area contributed by atoms with Crippen LogP contribution in [0, 0.1) is 18.6 Å². The zero-order valence-electron chi connectivity index (χ0n) is 12.1. The van der Waals surface area contributed by atoms with Gasteiger partial charge in [0.25, 0.3) is 0 Å². The van der Waals surface area contributed by atoms with Gasteiger partial charge in [-0.1, -0.05) is 0 Å². The van der Waals surface area contributed by atoms with Crippen LogP contribution in [0.5, 0.6) is 0 Å². The van der Waals surface area contributed by atoms with E-state index in [4.69, 9.17) is 0 Å². The second-order valence-electron chi connectivity index (χ2n) is 5.03. The maximum atomic E-state index is 13.5. The molecule has 6 heteroatoms. The average molecular weight is 319 g/mol. The zero-order chi connectivity index (χ0) is 15.5. The third kappa shape index (κ3) is 3.27. The Morgan fingerprint density at radius 1 is 1.18 bits per heavy atom. The second kappa shape index (κ2) is 6.44. The van der Waals surface area contributed by atoms with Crippen molar-refractivity contribution < 1.29 is 8.78 Å². The number of aromatic nitrogens is 3. The van der Waals surface area contributed by atoms with Crippen LogP contribution in [0.25, 0.3) is 11.0 Å². The molecule has 22 heavy (non-hydrogen) atoms. The summed E-state index contributed by atoms with van der Waals surface area (Å²) >= 11 is 1.40. The van der Waals surface area contributed by atoms with Crippen molar-refractivity contribution in [3.05, 3.63) is 54.1 Å². The molecule has 0 atom stereocenters. The molecular formula is C16H15F2N3S. The SMILES string of the molecule is Cc1cc2c(cn1)ncn2CCCSc1ccc(F)cc1F. The first-order valence-corrected chi connectivity index (χ1v) is 7.97. The Morgan fingerprint density at radius 2 is 2.05 bits per heavy atom. The Labute approximate surface area is 131 Å². The summed E-state index contributed by atoms with van der Waals surface area (Å²) in [5.41, 5.74) is 2.89. The van der Waals surface area contributed by atoms with Crippen LogP contribution in [-0.4, -0.2) is 20.3 Å². The molecule has 1 aromatic carbocycles. The average Bonchev–Trinajstić information content (AvgIpc) is 2.88. The van der Waals surface area contributed by atoms with Crippen LogP contribution in [-0.2, 0) is 6.54 Å². The maximum Gasteiger partial charge on any atom is 0.139 e. The van der Waals surface area contributed by atoms with Crippen LogP contribution >= 0.6 is 11.8 Å².